The number of likely N-dealkylation sites (N-methyl/N-ethyl adjacent to an activating group) is 1. The van der Waals surface area contributed by atoms with Crippen molar-refractivity contribution in [3.8, 4) is 0 Å². The molecule has 0 fully saturated rings. The van der Waals surface area contributed by atoms with Gasteiger partial charge in [0.05, 0.1) is 11.3 Å². The summed E-state index contributed by atoms with van der Waals surface area (Å²) in [6, 6.07) is 3.95. The Bertz CT molecular complexity index is 301. The molecule has 3 nitrogen and oxygen atoms in total. The fourth-order valence-corrected chi connectivity index (χ4v) is 3.18. The molecule has 0 saturated carbocycles. The molecule has 0 spiro atoms. The molecule has 0 aliphatic rings. The van der Waals surface area contributed by atoms with Gasteiger partial charge in [-0.15, -0.1) is 23.1 Å². The van der Waals surface area contributed by atoms with Crippen molar-refractivity contribution in [3.05, 3.63) is 17.5 Å². The van der Waals surface area contributed by atoms with Gasteiger partial charge in [-0.05, 0) is 24.4 Å². The van der Waals surface area contributed by atoms with E-state index < -0.39 is 0 Å². The van der Waals surface area contributed by atoms with Gasteiger partial charge in [0.15, 0.2) is 0 Å². The van der Waals surface area contributed by atoms with Gasteiger partial charge in [0, 0.05) is 5.75 Å². The Balaban J connectivity index is 2.29. The first-order valence-electron chi connectivity index (χ1n) is 5.25. The summed E-state index contributed by atoms with van der Waals surface area (Å²) in [6.45, 7) is 2.77. The van der Waals surface area contributed by atoms with Crippen molar-refractivity contribution in [1.82, 2.24) is 5.32 Å². The molecule has 16 heavy (non-hydrogen) atoms. The molecule has 1 rings (SSSR count). The van der Waals surface area contributed by atoms with E-state index in [4.69, 9.17) is 4.74 Å². The number of thiophene rings is 1. The zero-order valence-electron chi connectivity index (χ0n) is 9.56. The summed E-state index contributed by atoms with van der Waals surface area (Å²) in [4.78, 5) is 11.4. The Kier molecular flexibility index (Phi) is 6.52. The Morgan fingerprint density at radius 1 is 1.69 bits per heavy atom. The highest BCUT2D eigenvalue weighted by molar-refractivity contribution is 8.01. The minimum atomic E-state index is -0.178. The van der Waals surface area contributed by atoms with Gasteiger partial charge in [-0.25, -0.2) is 0 Å². The number of thioether (sulfide) groups is 1. The van der Waals surface area contributed by atoms with Gasteiger partial charge < -0.3 is 10.1 Å². The van der Waals surface area contributed by atoms with E-state index in [0.717, 1.165) is 18.7 Å². The van der Waals surface area contributed by atoms with Crippen molar-refractivity contribution in [3.63, 3.8) is 0 Å². The molecule has 90 valence electrons. The van der Waals surface area contributed by atoms with Crippen LogP contribution in [0.15, 0.2) is 21.7 Å². The monoisotopic (exact) mass is 259 g/mol. The molecule has 0 aliphatic carbocycles. The molecule has 0 saturated heterocycles. The summed E-state index contributed by atoms with van der Waals surface area (Å²) in [7, 11) is 1.43. The summed E-state index contributed by atoms with van der Waals surface area (Å²) in [6.07, 6.45) is 0.795. The topological polar surface area (TPSA) is 38.3 Å². The van der Waals surface area contributed by atoms with Crippen LogP contribution in [0.25, 0.3) is 0 Å². The Labute approximate surface area is 105 Å². The van der Waals surface area contributed by atoms with Gasteiger partial charge in [-0.2, -0.15) is 0 Å². The third kappa shape index (κ3) is 4.55. The number of carbonyl (C=O) groups excluding carboxylic acids is 1. The number of rotatable bonds is 7. The standard InChI is InChI=1S/C11H17NO2S2/c1-3-12-9(11(13)14-2)6-8-16-10-5-4-7-15-10/h4-5,7,9,12H,3,6,8H2,1-2H3. The number of carbonyl (C=O) groups is 1. The number of nitrogens with one attached hydrogen (secondary N) is 1. The van der Waals surface area contributed by atoms with Crippen LogP contribution < -0.4 is 5.32 Å². The second-order valence-electron chi connectivity index (χ2n) is 3.20. The molecule has 1 aromatic rings. The van der Waals surface area contributed by atoms with Crippen molar-refractivity contribution in [2.24, 2.45) is 0 Å². The van der Waals surface area contributed by atoms with E-state index in [1.165, 1.54) is 11.3 Å². The molecule has 1 heterocycles. The first-order valence-corrected chi connectivity index (χ1v) is 7.12. The van der Waals surface area contributed by atoms with E-state index in [2.05, 4.69) is 16.8 Å². The minimum Gasteiger partial charge on any atom is -0.468 e. The molecule has 5 heteroatoms. The normalized spacial score (nSPS) is 12.4. The highest BCUT2D eigenvalue weighted by atomic mass is 32.2. The molecule has 0 aliphatic heterocycles. The molecule has 1 atom stereocenters. The van der Waals surface area contributed by atoms with Gasteiger partial charge in [-0.3, -0.25) is 4.79 Å². The van der Waals surface area contributed by atoms with Crippen molar-refractivity contribution in [1.29, 1.82) is 0 Å². The largest absolute Gasteiger partial charge is 0.468 e. The predicted octanol–water partition coefficient (Wildman–Crippen LogP) is 2.38. The van der Waals surface area contributed by atoms with Crippen LogP contribution in [0.3, 0.4) is 0 Å². The number of methoxy groups -OCH3 is 1. The summed E-state index contributed by atoms with van der Waals surface area (Å²) in [5, 5.41) is 5.19. The molecule has 1 N–H and O–H groups in total. The van der Waals surface area contributed by atoms with Crippen LogP contribution in [-0.2, 0) is 9.53 Å². The molecular formula is C11H17NO2S2. The van der Waals surface area contributed by atoms with Gasteiger partial charge in [0.2, 0.25) is 0 Å². The average Bonchev–Trinajstić information content (AvgIpc) is 2.80. The van der Waals surface area contributed by atoms with Gasteiger partial charge in [0.1, 0.15) is 6.04 Å². The van der Waals surface area contributed by atoms with Crippen LogP contribution in [0.5, 0.6) is 0 Å². The van der Waals surface area contributed by atoms with E-state index in [1.54, 1.807) is 23.1 Å². The minimum absolute atomic E-state index is 0.173. The molecule has 0 aromatic carbocycles. The summed E-state index contributed by atoms with van der Waals surface area (Å²) in [5.41, 5.74) is 0. The maximum atomic E-state index is 11.4. The number of esters is 1. The fourth-order valence-electron chi connectivity index (χ4n) is 1.31. The maximum absolute atomic E-state index is 11.4. The SMILES string of the molecule is CCNC(CCSc1cccs1)C(=O)OC. The lowest BCUT2D eigenvalue weighted by Gasteiger charge is -2.14. The van der Waals surface area contributed by atoms with E-state index in [1.807, 2.05) is 13.0 Å². The molecule has 0 amide bonds. The third-order valence-corrected chi connectivity index (χ3v) is 4.25. The Hall–Kier alpha value is -0.520. The van der Waals surface area contributed by atoms with Crippen LogP contribution in [0.2, 0.25) is 0 Å². The zero-order chi connectivity index (χ0) is 11.8. The van der Waals surface area contributed by atoms with E-state index in [9.17, 15) is 4.79 Å². The second kappa shape index (κ2) is 7.70. The lowest BCUT2D eigenvalue weighted by atomic mass is 10.2. The van der Waals surface area contributed by atoms with Crippen molar-refractivity contribution in [2.75, 3.05) is 19.4 Å². The van der Waals surface area contributed by atoms with Gasteiger partial charge >= 0.3 is 5.97 Å². The van der Waals surface area contributed by atoms with Crippen LogP contribution >= 0.6 is 23.1 Å². The van der Waals surface area contributed by atoms with Gasteiger partial charge in [0.25, 0.3) is 0 Å². The second-order valence-corrected chi connectivity index (χ2v) is 5.55. The number of hydrogen-bond acceptors (Lipinski definition) is 5. The number of ether oxygens (including phenoxy) is 1. The molecule has 0 bridgehead atoms. The highest BCUT2D eigenvalue weighted by Crippen LogP contribution is 2.24. The molecular weight excluding hydrogens is 242 g/mol. The molecule has 1 unspecified atom stereocenters. The zero-order valence-corrected chi connectivity index (χ0v) is 11.2. The summed E-state index contributed by atoms with van der Waals surface area (Å²) in [5.74, 6) is 0.751. The Morgan fingerprint density at radius 2 is 2.50 bits per heavy atom. The quantitative estimate of drug-likeness (QED) is 0.603. The lowest BCUT2D eigenvalue weighted by Crippen LogP contribution is -2.37. The smallest absolute Gasteiger partial charge is 0.322 e. The van der Waals surface area contributed by atoms with E-state index >= 15 is 0 Å². The highest BCUT2D eigenvalue weighted by Gasteiger charge is 2.17. The summed E-state index contributed by atoms with van der Waals surface area (Å²) >= 11 is 3.51. The molecule has 1 aromatic heterocycles. The van der Waals surface area contributed by atoms with Crippen molar-refractivity contribution in [2.45, 2.75) is 23.6 Å². The van der Waals surface area contributed by atoms with Crippen LogP contribution in [0, 0.1) is 0 Å². The fraction of sp³-hybridized carbons (Fsp3) is 0.545. The van der Waals surface area contributed by atoms with E-state index in [0.29, 0.717) is 0 Å². The van der Waals surface area contributed by atoms with E-state index in [-0.39, 0.29) is 12.0 Å². The van der Waals surface area contributed by atoms with Crippen molar-refractivity contribution >= 4 is 29.1 Å². The van der Waals surface area contributed by atoms with Crippen LogP contribution in [-0.4, -0.2) is 31.4 Å². The third-order valence-electron chi connectivity index (χ3n) is 2.08. The lowest BCUT2D eigenvalue weighted by molar-refractivity contribution is -0.143. The first-order chi connectivity index (χ1) is 7.77. The Morgan fingerprint density at radius 3 is 3.06 bits per heavy atom. The maximum Gasteiger partial charge on any atom is 0.322 e. The van der Waals surface area contributed by atoms with Crippen LogP contribution in [0.1, 0.15) is 13.3 Å². The molecule has 0 radical (unpaired) electrons. The van der Waals surface area contributed by atoms with Crippen molar-refractivity contribution < 1.29 is 9.53 Å². The number of hydrogen-bond donors (Lipinski definition) is 1. The first kappa shape index (κ1) is 13.5. The van der Waals surface area contributed by atoms with Crippen LogP contribution in [0.4, 0.5) is 0 Å². The predicted molar refractivity (Wildman–Crippen MR) is 69.1 cm³/mol. The van der Waals surface area contributed by atoms with Gasteiger partial charge in [-0.1, -0.05) is 13.0 Å². The summed E-state index contributed by atoms with van der Waals surface area (Å²) < 4.78 is 6.04. The average molecular weight is 259 g/mol.